The quantitative estimate of drug-likeness (QED) is 0.327. The molecule has 0 aromatic rings. The van der Waals surface area contributed by atoms with Gasteiger partial charge in [-0.05, 0) is 56.3 Å². The molecule has 1 unspecified atom stereocenters. The minimum Gasteiger partial charge on any atom is -0.338 e. The van der Waals surface area contributed by atoms with E-state index in [0.29, 0.717) is 5.92 Å². The lowest BCUT2D eigenvalue weighted by molar-refractivity contribution is -0.126. The highest BCUT2D eigenvalue weighted by Gasteiger charge is 2.57. The van der Waals surface area contributed by atoms with Crippen molar-refractivity contribution in [2.45, 2.75) is 73.6 Å². The first kappa shape index (κ1) is 21.7. The van der Waals surface area contributed by atoms with Crippen molar-refractivity contribution < 1.29 is 6.22 Å². The summed E-state index contributed by atoms with van der Waals surface area (Å²) in [5.41, 5.74) is 2.51. The molecule has 0 aromatic carbocycles. The highest BCUT2D eigenvalue weighted by atomic mass is 16.2. The lowest BCUT2D eigenvalue weighted by Crippen LogP contribution is -2.44. The molecule has 0 aromatic heterocycles. The Kier molecular flexibility index (Phi) is 7.71. The van der Waals surface area contributed by atoms with Gasteiger partial charge in [0, 0.05) is 20.1 Å². The molecule has 144 valence electrons. The van der Waals surface area contributed by atoms with Crippen LogP contribution in [0.15, 0.2) is 36.5 Å². The molecule has 1 aliphatic heterocycles. The van der Waals surface area contributed by atoms with Crippen LogP contribution in [0.25, 0.3) is 0 Å². The van der Waals surface area contributed by atoms with E-state index in [9.17, 15) is 4.79 Å². The summed E-state index contributed by atoms with van der Waals surface area (Å²) in [5, 5.41) is 0. The van der Waals surface area contributed by atoms with E-state index in [0.717, 1.165) is 25.1 Å². The lowest BCUT2D eigenvalue weighted by atomic mass is 9.54. The van der Waals surface area contributed by atoms with Crippen LogP contribution in [0.3, 0.4) is 0 Å². The van der Waals surface area contributed by atoms with Crippen molar-refractivity contribution in [1.29, 1.82) is 0 Å². The van der Waals surface area contributed by atoms with Gasteiger partial charge in [-0.15, -0.1) is 0 Å². The summed E-state index contributed by atoms with van der Waals surface area (Å²) in [7, 11) is 0. The number of nitrogens with zero attached hydrogens (tertiary/aromatic N) is 1. The minimum absolute atomic E-state index is 0. The SMILES string of the molecule is C=C/C(=C\C)C(=O)N1C[C@]2(C)CC(C(=C)C)CC[C@]2(CC)C1.CCC.[HH]. The molecule has 2 rings (SSSR count). The van der Waals surface area contributed by atoms with Gasteiger partial charge in [0.15, 0.2) is 0 Å². The Balaban J connectivity index is 0.00000146. The van der Waals surface area contributed by atoms with Gasteiger partial charge in [0.05, 0.1) is 0 Å². The van der Waals surface area contributed by atoms with Gasteiger partial charge < -0.3 is 4.90 Å². The second kappa shape index (κ2) is 8.87. The van der Waals surface area contributed by atoms with E-state index in [1.165, 1.54) is 31.3 Å². The van der Waals surface area contributed by atoms with Gasteiger partial charge in [-0.25, -0.2) is 0 Å². The van der Waals surface area contributed by atoms with Crippen LogP contribution in [0.2, 0.25) is 0 Å². The topological polar surface area (TPSA) is 20.3 Å². The van der Waals surface area contributed by atoms with Crippen molar-refractivity contribution in [3.63, 3.8) is 0 Å². The first-order chi connectivity index (χ1) is 11.7. The monoisotopic (exact) mass is 347 g/mol. The van der Waals surface area contributed by atoms with E-state index < -0.39 is 0 Å². The number of carbonyl (C=O) groups is 1. The largest absolute Gasteiger partial charge is 0.338 e. The number of amides is 1. The summed E-state index contributed by atoms with van der Waals surface area (Å²) < 4.78 is 0. The summed E-state index contributed by atoms with van der Waals surface area (Å²) in [6.45, 7) is 22.7. The standard InChI is InChI=1S/C20H31NO.C3H8.H2/c1-7-16(8-2)18(22)21-13-19(6)12-17(15(4)5)10-11-20(19,9-3)14-21;1-3-2;/h7-8,17H,1,4,9-14H2,2-3,5-6H3;3H2,1-2H3;1H/b16-8+;;/t17?,19-,20+;;/m0../s1. The smallest absolute Gasteiger partial charge is 0.253 e. The molecule has 0 radical (unpaired) electrons. The van der Waals surface area contributed by atoms with Crippen LogP contribution in [-0.4, -0.2) is 23.9 Å². The van der Waals surface area contributed by atoms with Gasteiger partial charge in [-0.2, -0.15) is 0 Å². The fraction of sp³-hybridized carbons (Fsp3) is 0.696. The van der Waals surface area contributed by atoms with Crippen LogP contribution in [0.4, 0.5) is 0 Å². The van der Waals surface area contributed by atoms with E-state index in [2.05, 4.69) is 52.7 Å². The maximum Gasteiger partial charge on any atom is 0.253 e. The molecule has 1 saturated carbocycles. The average molecular weight is 348 g/mol. The number of rotatable bonds is 4. The first-order valence-corrected chi connectivity index (χ1v) is 9.97. The lowest BCUT2D eigenvalue weighted by Gasteiger charge is -2.49. The number of allylic oxidation sites excluding steroid dienone is 2. The van der Waals surface area contributed by atoms with E-state index in [1.807, 2.05) is 13.0 Å². The predicted molar refractivity (Wildman–Crippen MR) is 112 cm³/mol. The Bertz CT molecular complexity index is 538. The Morgan fingerprint density at radius 2 is 1.92 bits per heavy atom. The molecule has 0 N–H and O–H groups in total. The summed E-state index contributed by atoms with van der Waals surface area (Å²) >= 11 is 0. The third kappa shape index (κ3) is 4.27. The second-order valence-corrected chi connectivity index (χ2v) is 8.30. The predicted octanol–water partition coefficient (Wildman–Crippen LogP) is 6.40. The van der Waals surface area contributed by atoms with Crippen molar-refractivity contribution in [3.8, 4) is 0 Å². The van der Waals surface area contributed by atoms with Crippen LogP contribution < -0.4 is 0 Å². The second-order valence-electron chi connectivity index (χ2n) is 8.30. The van der Waals surface area contributed by atoms with E-state index in [1.54, 1.807) is 6.08 Å². The molecule has 1 heterocycles. The maximum absolute atomic E-state index is 12.7. The Labute approximate surface area is 157 Å². The van der Waals surface area contributed by atoms with E-state index in [4.69, 9.17) is 0 Å². The molecule has 2 nitrogen and oxygen atoms in total. The van der Waals surface area contributed by atoms with Crippen molar-refractivity contribution in [2.75, 3.05) is 13.1 Å². The van der Waals surface area contributed by atoms with Crippen LogP contribution in [0, 0.1) is 16.7 Å². The fourth-order valence-corrected chi connectivity index (χ4v) is 4.75. The zero-order valence-corrected chi connectivity index (χ0v) is 17.5. The highest BCUT2D eigenvalue weighted by Crippen LogP contribution is 2.59. The van der Waals surface area contributed by atoms with Gasteiger partial charge in [-0.3, -0.25) is 4.79 Å². The third-order valence-corrected chi connectivity index (χ3v) is 6.42. The Morgan fingerprint density at radius 1 is 1.32 bits per heavy atom. The van der Waals surface area contributed by atoms with Crippen LogP contribution in [0.5, 0.6) is 0 Å². The number of likely N-dealkylation sites (tertiary alicyclic amines) is 1. The van der Waals surface area contributed by atoms with E-state index >= 15 is 0 Å². The van der Waals surface area contributed by atoms with Gasteiger partial charge in [0.2, 0.25) is 0 Å². The summed E-state index contributed by atoms with van der Waals surface area (Å²) in [4.78, 5) is 14.8. The first-order valence-electron chi connectivity index (χ1n) is 9.97. The zero-order valence-electron chi connectivity index (χ0n) is 17.5. The summed E-state index contributed by atoms with van der Waals surface area (Å²) in [6, 6.07) is 0. The molecule has 2 heteroatoms. The summed E-state index contributed by atoms with van der Waals surface area (Å²) in [6.07, 6.45) is 9.55. The molecule has 2 fully saturated rings. The molecule has 25 heavy (non-hydrogen) atoms. The van der Waals surface area contributed by atoms with Crippen LogP contribution in [0.1, 0.15) is 75.1 Å². The average Bonchev–Trinajstić information content (AvgIpc) is 2.89. The minimum atomic E-state index is 0. The molecule has 1 amide bonds. The molecule has 0 bridgehead atoms. The molecule has 3 atom stereocenters. The Hall–Kier alpha value is -1.31. The van der Waals surface area contributed by atoms with Gasteiger partial charge in [0.25, 0.3) is 5.91 Å². The molecular weight excluding hydrogens is 306 g/mol. The Morgan fingerprint density at radius 3 is 2.36 bits per heavy atom. The third-order valence-electron chi connectivity index (χ3n) is 6.42. The van der Waals surface area contributed by atoms with Crippen molar-refractivity contribution in [3.05, 3.63) is 36.5 Å². The van der Waals surface area contributed by atoms with Gasteiger partial charge in [0.1, 0.15) is 0 Å². The molecule has 1 saturated heterocycles. The number of hydrogen-bond donors (Lipinski definition) is 0. The molecule has 0 spiro atoms. The van der Waals surface area contributed by atoms with Crippen molar-refractivity contribution in [1.82, 2.24) is 4.90 Å². The number of fused-ring (bicyclic) bond motifs is 1. The van der Waals surface area contributed by atoms with Crippen LogP contribution in [-0.2, 0) is 4.79 Å². The fourth-order valence-electron chi connectivity index (χ4n) is 4.75. The van der Waals surface area contributed by atoms with E-state index in [-0.39, 0.29) is 18.2 Å². The van der Waals surface area contributed by atoms with Crippen LogP contribution >= 0.6 is 0 Å². The molecular formula is C23H41NO. The zero-order chi connectivity index (χ0) is 19.3. The normalized spacial score (nSPS) is 31.7. The maximum atomic E-state index is 12.7. The van der Waals surface area contributed by atoms with Gasteiger partial charge >= 0.3 is 0 Å². The summed E-state index contributed by atoms with van der Waals surface area (Å²) in [5.74, 6) is 0.758. The van der Waals surface area contributed by atoms with Crippen molar-refractivity contribution >= 4 is 5.91 Å². The molecule has 1 aliphatic carbocycles. The number of hydrogen-bond acceptors (Lipinski definition) is 1. The molecule has 2 aliphatic rings. The van der Waals surface area contributed by atoms with Gasteiger partial charge in [-0.1, -0.05) is 65.0 Å². The number of carbonyl (C=O) groups excluding carboxylic acids is 1. The van der Waals surface area contributed by atoms with Crippen molar-refractivity contribution in [2.24, 2.45) is 16.7 Å². The highest BCUT2D eigenvalue weighted by molar-refractivity contribution is 5.96.